The van der Waals surface area contributed by atoms with Crippen LogP contribution in [0.1, 0.15) is 31.4 Å². The van der Waals surface area contributed by atoms with Crippen LogP contribution in [-0.4, -0.2) is 23.6 Å². The van der Waals surface area contributed by atoms with E-state index in [1.54, 1.807) is 6.92 Å². The predicted octanol–water partition coefficient (Wildman–Crippen LogP) is 1.39. The van der Waals surface area contributed by atoms with Crippen molar-refractivity contribution in [3.8, 4) is 0 Å². The quantitative estimate of drug-likeness (QED) is 0.765. The topological polar surface area (TPSA) is 75.4 Å². The number of nitrogens with two attached hydrogens (primary N) is 1. The van der Waals surface area contributed by atoms with Gasteiger partial charge in [-0.3, -0.25) is 4.79 Å². The number of nitrogens with one attached hydrogen (secondary N) is 1. The molecule has 1 unspecified atom stereocenters. The average molecular weight is 285 g/mol. The molecule has 4 N–H and O–H groups in total. The SMILES string of the molecule is C[C@@H](N)C(=O)NCC1(C(O)c2ccccc2)CC1.Cl. The molecule has 0 heterocycles. The van der Waals surface area contributed by atoms with Crippen LogP contribution in [0.4, 0.5) is 0 Å². The molecule has 4 nitrogen and oxygen atoms in total. The first-order valence-corrected chi connectivity index (χ1v) is 6.31. The Kier molecular flexibility index (Phi) is 5.35. The van der Waals surface area contributed by atoms with Crippen molar-refractivity contribution in [1.29, 1.82) is 0 Å². The number of carbonyl (C=O) groups excluding carboxylic acids is 1. The summed E-state index contributed by atoms with van der Waals surface area (Å²) in [5, 5.41) is 13.2. The molecule has 1 amide bonds. The molecule has 1 aromatic carbocycles. The molecule has 0 aliphatic heterocycles. The zero-order valence-corrected chi connectivity index (χ0v) is 11.8. The maximum atomic E-state index is 11.5. The fourth-order valence-corrected chi connectivity index (χ4v) is 2.12. The zero-order valence-electron chi connectivity index (χ0n) is 11.0. The van der Waals surface area contributed by atoms with Crippen LogP contribution in [0.25, 0.3) is 0 Å². The van der Waals surface area contributed by atoms with Crippen LogP contribution in [0, 0.1) is 5.41 Å². The number of aliphatic hydroxyl groups is 1. The van der Waals surface area contributed by atoms with Gasteiger partial charge in [-0.2, -0.15) is 0 Å². The molecule has 5 heteroatoms. The number of carbonyl (C=O) groups is 1. The molecule has 0 saturated heterocycles. The second-order valence-corrected chi connectivity index (χ2v) is 5.18. The third-order valence-electron chi connectivity index (χ3n) is 3.62. The molecule has 0 spiro atoms. The first-order chi connectivity index (χ1) is 8.55. The van der Waals surface area contributed by atoms with E-state index in [9.17, 15) is 9.90 Å². The van der Waals surface area contributed by atoms with E-state index in [1.807, 2.05) is 30.3 Å². The predicted molar refractivity (Wildman–Crippen MR) is 77.0 cm³/mol. The second kappa shape index (κ2) is 6.37. The van der Waals surface area contributed by atoms with Crippen LogP contribution in [-0.2, 0) is 4.79 Å². The van der Waals surface area contributed by atoms with Crippen LogP contribution >= 0.6 is 12.4 Å². The van der Waals surface area contributed by atoms with Crippen molar-refractivity contribution in [2.75, 3.05) is 6.54 Å². The molecule has 106 valence electrons. The van der Waals surface area contributed by atoms with Gasteiger partial charge in [0.1, 0.15) is 0 Å². The Balaban J connectivity index is 0.00000180. The van der Waals surface area contributed by atoms with Crippen LogP contribution in [0.15, 0.2) is 30.3 Å². The lowest BCUT2D eigenvalue weighted by Gasteiger charge is -2.23. The monoisotopic (exact) mass is 284 g/mol. The van der Waals surface area contributed by atoms with Gasteiger partial charge in [0.05, 0.1) is 12.1 Å². The maximum Gasteiger partial charge on any atom is 0.236 e. The Labute approximate surface area is 119 Å². The molecule has 1 aromatic rings. The van der Waals surface area contributed by atoms with E-state index in [2.05, 4.69) is 5.32 Å². The number of benzene rings is 1. The normalized spacial score (nSPS) is 18.9. The van der Waals surface area contributed by atoms with Gasteiger partial charge in [-0.1, -0.05) is 30.3 Å². The van der Waals surface area contributed by atoms with Gasteiger partial charge in [0, 0.05) is 12.0 Å². The molecule has 1 fully saturated rings. The number of hydrogen-bond acceptors (Lipinski definition) is 3. The first-order valence-electron chi connectivity index (χ1n) is 6.31. The fraction of sp³-hybridized carbons (Fsp3) is 0.500. The number of halogens is 1. The Morgan fingerprint density at radius 3 is 2.47 bits per heavy atom. The van der Waals surface area contributed by atoms with Gasteiger partial charge in [0.15, 0.2) is 0 Å². The van der Waals surface area contributed by atoms with E-state index in [-0.39, 0.29) is 23.7 Å². The fourth-order valence-electron chi connectivity index (χ4n) is 2.12. The minimum atomic E-state index is -0.521. The number of amides is 1. The molecule has 1 aliphatic carbocycles. The zero-order chi connectivity index (χ0) is 13.2. The summed E-state index contributed by atoms with van der Waals surface area (Å²) in [6, 6.07) is 9.07. The summed E-state index contributed by atoms with van der Waals surface area (Å²) < 4.78 is 0. The molecule has 19 heavy (non-hydrogen) atoms. The number of aliphatic hydroxyl groups excluding tert-OH is 1. The molecule has 0 bridgehead atoms. The largest absolute Gasteiger partial charge is 0.388 e. The third kappa shape index (κ3) is 3.69. The number of rotatable bonds is 5. The maximum absolute atomic E-state index is 11.5. The highest BCUT2D eigenvalue weighted by Gasteiger charge is 2.49. The standard InChI is InChI=1S/C14H20N2O2.ClH/c1-10(15)13(18)16-9-14(7-8-14)12(17)11-5-3-2-4-6-11;/h2-6,10,12,17H,7-9,15H2,1H3,(H,16,18);1H/t10-,12?;/m1./s1. The first kappa shape index (κ1) is 16.0. The Bertz CT molecular complexity index is 419. The van der Waals surface area contributed by atoms with Crippen molar-refractivity contribution >= 4 is 18.3 Å². The van der Waals surface area contributed by atoms with E-state index in [4.69, 9.17) is 5.73 Å². The highest BCUT2D eigenvalue weighted by atomic mass is 35.5. The van der Waals surface area contributed by atoms with Crippen molar-refractivity contribution in [2.24, 2.45) is 11.1 Å². The minimum absolute atomic E-state index is 0. The highest BCUT2D eigenvalue weighted by Crippen LogP contribution is 2.54. The summed E-state index contributed by atoms with van der Waals surface area (Å²) in [5.74, 6) is -0.165. The average Bonchev–Trinajstić information content (AvgIpc) is 3.17. The molecular weight excluding hydrogens is 264 g/mol. The second-order valence-electron chi connectivity index (χ2n) is 5.18. The summed E-state index contributed by atoms with van der Waals surface area (Å²) >= 11 is 0. The van der Waals surface area contributed by atoms with E-state index in [0.717, 1.165) is 18.4 Å². The van der Waals surface area contributed by atoms with Crippen LogP contribution in [0.3, 0.4) is 0 Å². The molecule has 1 saturated carbocycles. The van der Waals surface area contributed by atoms with Crippen molar-refractivity contribution in [1.82, 2.24) is 5.32 Å². The third-order valence-corrected chi connectivity index (χ3v) is 3.62. The summed E-state index contributed by atoms with van der Waals surface area (Å²) in [7, 11) is 0. The van der Waals surface area contributed by atoms with E-state index in [1.165, 1.54) is 0 Å². The Morgan fingerprint density at radius 2 is 2.00 bits per heavy atom. The lowest BCUT2D eigenvalue weighted by Crippen LogP contribution is -2.42. The summed E-state index contributed by atoms with van der Waals surface area (Å²) in [4.78, 5) is 11.5. The smallest absolute Gasteiger partial charge is 0.236 e. The molecule has 2 atom stereocenters. The molecule has 2 rings (SSSR count). The van der Waals surface area contributed by atoms with Crippen molar-refractivity contribution in [2.45, 2.75) is 31.9 Å². The van der Waals surface area contributed by atoms with Crippen molar-refractivity contribution in [3.05, 3.63) is 35.9 Å². The van der Waals surface area contributed by atoms with Gasteiger partial charge in [-0.15, -0.1) is 12.4 Å². The minimum Gasteiger partial charge on any atom is -0.388 e. The lowest BCUT2D eigenvalue weighted by atomic mass is 9.92. The van der Waals surface area contributed by atoms with Gasteiger partial charge >= 0.3 is 0 Å². The summed E-state index contributed by atoms with van der Waals surface area (Å²) in [5.41, 5.74) is 6.20. The Hall–Kier alpha value is -1.10. The van der Waals surface area contributed by atoms with E-state index >= 15 is 0 Å². The van der Waals surface area contributed by atoms with Crippen LogP contribution in [0.2, 0.25) is 0 Å². The van der Waals surface area contributed by atoms with Gasteiger partial charge in [-0.05, 0) is 25.3 Å². The number of hydrogen-bond donors (Lipinski definition) is 3. The molecular formula is C14H21ClN2O2. The molecule has 0 aromatic heterocycles. The molecule has 1 aliphatic rings. The van der Waals surface area contributed by atoms with E-state index in [0.29, 0.717) is 6.54 Å². The van der Waals surface area contributed by atoms with Gasteiger partial charge in [-0.25, -0.2) is 0 Å². The lowest BCUT2D eigenvalue weighted by molar-refractivity contribution is -0.122. The van der Waals surface area contributed by atoms with Crippen LogP contribution in [0.5, 0.6) is 0 Å². The van der Waals surface area contributed by atoms with Gasteiger partial charge < -0.3 is 16.2 Å². The van der Waals surface area contributed by atoms with Crippen molar-refractivity contribution in [3.63, 3.8) is 0 Å². The van der Waals surface area contributed by atoms with Gasteiger partial charge in [0.2, 0.25) is 5.91 Å². The summed E-state index contributed by atoms with van der Waals surface area (Å²) in [6.45, 7) is 2.14. The Morgan fingerprint density at radius 1 is 1.42 bits per heavy atom. The van der Waals surface area contributed by atoms with E-state index < -0.39 is 12.1 Å². The molecule has 0 radical (unpaired) electrons. The summed E-state index contributed by atoms with van der Waals surface area (Å²) in [6.07, 6.45) is 1.34. The van der Waals surface area contributed by atoms with Crippen LogP contribution < -0.4 is 11.1 Å². The highest BCUT2D eigenvalue weighted by molar-refractivity contribution is 5.85. The van der Waals surface area contributed by atoms with Gasteiger partial charge in [0.25, 0.3) is 0 Å². The van der Waals surface area contributed by atoms with Crippen molar-refractivity contribution < 1.29 is 9.90 Å².